The number of hydrogen-bond acceptors (Lipinski definition) is 4. The van der Waals surface area contributed by atoms with Gasteiger partial charge in [0.25, 0.3) is 5.91 Å². The first kappa shape index (κ1) is 16.5. The van der Waals surface area contributed by atoms with Gasteiger partial charge in [0, 0.05) is 26.4 Å². The fourth-order valence-corrected chi connectivity index (χ4v) is 3.42. The van der Waals surface area contributed by atoms with Gasteiger partial charge in [0.05, 0.1) is 16.8 Å². The van der Waals surface area contributed by atoms with Gasteiger partial charge in [-0.15, -0.1) is 0 Å². The minimum atomic E-state index is -0.451. The topological polar surface area (TPSA) is 61.4 Å². The first-order valence-electron chi connectivity index (χ1n) is 7.54. The van der Waals surface area contributed by atoms with Crippen LogP contribution in [-0.2, 0) is 18.3 Å². The lowest BCUT2D eigenvalue weighted by Gasteiger charge is -2.05. The number of rotatable bonds is 5. The summed E-state index contributed by atoms with van der Waals surface area (Å²) in [6.45, 7) is 3.31. The van der Waals surface area contributed by atoms with Crippen LogP contribution in [0.25, 0.3) is 10.2 Å². The third-order valence-corrected chi connectivity index (χ3v) is 4.49. The maximum absolute atomic E-state index is 14.2. The highest BCUT2D eigenvalue weighted by molar-refractivity contribution is 7.16. The average Bonchev–Trinajstić information content (AvgIpc) is 3.13. The second-order valence-electron chi connectivity index (χ2n) is 5.11. The lowest BCUT2D eigenvalue weighted by Crippen LogP contribution is -2.20. The number of benzene rings is 1. The third kappa shape index (κ3) is 3.29. The van der Waals surface area contributed by atoms with Crippen LogP contribution >= 0.6 is 11.3 Å². The first-order valence-corrected chi connectivity index (χ1v) is 8.36. The molecule has 2 aromatic heterocycles. The van der Waals surface area contributed by atoms with Crippen molar-refractivity contribution in [2.24, 2.45) is 12.0 Å². The maximum Gasteiger partial charge on any atom is 0.300 e. The zero-order chi connectivity index (χ0) is 17.1. The molecule has 0 N–H and O–H groups in total. The van der Waals surface area contributed by atoms with E-state index in [4.69, 9.17) is 4.74 Å². The van der Waals surface area contributed by atoms with Crippen LogP contribution in [0.15, 0.2) is 35.5 Å². The number of aromatic nitrogens is 3. The molecule has 24 heavy (non-hydrogen) atoms. The summed E-state index contributed by atoms with van der Waals surface area (Å²) >= 11 is 1.27. The van der Waals surface area contributed by atoms with E-state index in [0.717, 1.165) is 4.70 Å². The Morgan fingerprint density at radius 2 is 2.25 bits per heavy atom. The molecule has 0 radical (unpaired) electrons. The van der Waals surface area contributed by atoms with Gasteiger partial charge in [-0.25, -0.2) is 4.39 Å². The quantitative estimate of drug-likeness (QED) is 0.665. The van der Waals surface area contributed by atoms with E-state index in [1.807, 2.05) is 13.0 Å². The van der Waals surface area contributed by atoms with Gasteiger partial charge in [-0.2, -0.15) is 10.1 Å². The lowest BCUT2D eigenvalue weighted by atomic mass is 10.3. The number of nitrogens with zero attached hydrogens (tertiary/aromatic N) is 4. The summed E-state index contributed by atoms with van der Waals surface area (Å²) in [5.74, 6) is -0.792. The summed E-state index contributed by atoms with van der Waals surface area (Å²) in [5, 5.41) is 4.05. The van der Waals surface area contributed by atoms with Gasteiger partial charge < -0.3 is 9.30 Å². The van der Waals surface area contributed by atoms with Gasteiger partial charge in [0.1, 0.15) is 5.82 Å². The fourth-order valence-electron chi connectivity index (χ4n) is 2.35. The Labute approximate surface area is 141 Å². The number of carbonyl (C=O) groups is 1. The molecule has 0 fully saturated rings. The van der Waals surface area contributed by atoms with Crippen molar-refractivity contribution in [1.82, 2.24) is 14.3 Å². The van der Waals surface area contributed by atoms with Crippen molar-refractivity contribution in [2.75, 3.05) is 13.2 Å². The molecule has 2 heterocycles. The number of halogens is 1. The highest BCUT2D eigenvalue weighted by Crippen LogP contribution is 2.20. The molecule has 0 unspecified atom stereocenters. The molecule has 6 nitrogen and oxygen atoms in total. The zero-order valence-electron chi connectivity index (χ0n) is 13.4. The molecule has 1 aromatic carbocycles. The van der Waals surface area contributed by atoms with Crippen molar-refractivity contribution >= 4 is 27.5 Å². The van der Waals surface area contributed by atoms with Gasteiger partial charge in [-0.05, 0) is 25.1 Å². The van der Waals surface area contributed by atoms with Crippen LogP contribution in [0.5, 0.6) is 0 Å². The monoisotopic (exact) mass is 348 g/mol. The fraction of sp³-hybridized carbons (Fsp3) is 0.312. The Morgan fingerprint density at radius 3 is 2.96 bits per heavy atom. The summed E-state index contributed by atoms with van der Waals surface area (Å²) < 4.78 is 23.6. The molecule has 0 aliphatic carbocycles. The number of hydrogen-bond donors (Lipinski definition) is 0. The molecule has 3 rings (SSSR count). The SMILES string of the molecule is CCOCCn1c(=NC(=O)c2ccn(C)n2)sc2cccc(F)c21. The average molecular weight is 348 g/mol. The number of ether oxygens (including phenoxy) is 1. The Morgan fingerprint density at radius 1 is 1.42 bits per heavy atom. The van der Waals surface area contributed by atoms with Gasteiger partial charge in [-0.1, -0.05) is 17.4 Å². The predicted molar refractivity (Wildman–Crippen MR) is 89.4 cm³/mol. The van der Waals surface area contributed by atoms with E-state index in [0.29, 0.717) is 30.1 Å². The van der Waals surface area contributed by atoms with Crippen molar-refractivity contribution in [3.63, 3.8) is 0 Å². The van der Waals surface area contributed by atoms with E-state index in [2.05, 4.69) is 10.1 Å². The minimum absolute atomic E-state index is 0.256. The number of fused-ring (bicyclic) bond motifs is 1. The number of aryl methyl sites for hydroxylation is 1. The van der Waals surface area contributed by atoms with E-state index in [9.17, 15) is 9.18 Å². The van der Waals surface area contributed by atoms with E-state index in [-0.39, 0.29) is 11.5 Å². The number of amides is 1. The first-order chi connectivity index (χ1) is 11.6. The highest BCUT2D eigenvalue weighted by Gasteiger charge is 2.13. The molecule has 0 saturated carbocycles. The van der Waals surface area contributed by atoms with Crippen molar-refractivity contribution in [3.8, 4) is 0 Å². The second kappa shape index (κ2) is 7.06. The molecule has 8 heteroatoms. The zero-order valence-corrected chi connectivity index (χ0v) is 14.2. The van der Waals surface area contributed by atoms with Crippen molar-refractivity contribution in [1.29, 1.82) is 0 Å². The molecule has 0 atom stereocenters. The normalized spacial score (nSPS) is 12.2. The third-order valence-electron chi connectivity index (χ3n) is 3.45. The number of carbonyl (C=O) groups excluding carboxylic acids is 1. The van der Waals surface area contributed by atoms with Gasteiger partial charge >= 0.3 is 0 Å². The van der Waals surface area contributed by atoms with E-state index < -0.39 is 5.91 Å². The van der Waals surface area contributed by atoms with Crippen molar-refractivity contribution < 1.29 is 13.9 Å². The molecule has 0 aliphatic heterocycles. The summed E-state index contributed by atoms with van der Waals surface area (Å²) in [6, 6.07) is 6.46. The largest absolute Gasteiger partial charge is 0.380 e. The van der Waals surface area contributed by atoms with Crippen LogP contribution < -0.4 is 4.80 Å². The molecular weight excluding hydrogens is 331 g/mol. The Kier molecular flexibility index (Phi) is 4.86. The van der Waals surface area contributed by atoms with Crippen LogP contribution in [0, 0.1) is 5.82 Å². The van der Waals surface area contributed by atoms with Gasteiger partial charge in [0.15, 0.2) is 10.5 Å². The predicted octanol–water partition coefficient (Wildman–Crippen LogP) is 2.35. The van der Waals surface area contributed by atoms with E-state index in [1.165, 1.54) is 22.1 Å². The Hall–Kier alpha value is -2.32. The molecular formula is C16H17FN4O2S. The summed E-state index contributed by atoms with van der Waals surface area (Å²) in [6.07, 6.45) is 1.68. The number of para-hydroxylation sites is 1. The number of thiazole rings is 1. The maximum atomic E-state index is 14.2. The van der Waals surface area contributed by atoms with Crippen LogP contribution in [0.2, 0.25) is 0 Å². The molecule has 0 aliphatic rings. The Bertz CT molecular complexity index is 941. The Balaban J connectivity index is 2.08. The molecule has 0 bridgehead atoms. The highest BCUT2D eigenvalue weighted by atomic mass is 32.1. The lowest BCUT2D eigenvalue weighted by molar-refractivity contribution is 0.0991. The van der Waals surface area contributed by atoms with Crippen molar-refractivity contribution in [2.45, 2.75) is 13.5 Å². The smallest absolute Gasteiger partial charge is 0.300 e. The van der Waals surface area contributed by atoms with Gasteiger partial charge in [-0.3, -0.25) is 9.48 Å². The van der Waals surface area contributed by atoms with Crippen LogP contribution in [0.3, 0.4) is 0 Å². The molecule has 3 aromatic rings. The van der Waals surface area contributed by atoms with Gasteiger partial charge in [0.2, 0.25) is 0 Å². The standard InChI is InChI=1S/C16H17FN4O2S/c1-3-23-10-9-21-14-11(17)5-4-6-13(14)24-16(21)18-15(22)12-7-8-20(2)19-12/h4-8H,3,9-10H2,1-2H3. The van der Waals surface area contributed by atoms with Crippen molar-refractivity contribution in [3.05, 3.63) is 46.8 Å². The second-order valence-corrected chi connectivity index (χ2v) is 6.12. The molecule has 126 valence electrons. The molecule has 1 amide bonds. The minimum Gasteiger partial charge on any atom is -0.380 e. The summed E-state index contributed by atoms with van der Waals surface area (Å²) in [7, 11) is 1.73. The summed E-state index contributed by atoms with van der Waals surface area (Å²) in [4.78, 5) is 16.9. The molecule has 0 saturated heterocycles. The summed E-state index contributed by atoms with van der Waals surface area (Å²) in [5.41, 5.74) is 0.696. The van der Waals surface area contributed by atoms with E-state index in [1.54, 1.807) is 29.9 Å². The van der Waals surface area contributed by atoms with E-state index >= 15 is 0 Å². The van der Waals surface area contributed by atoms with Crippen LogP contribution in [0.1, 0.15) is 17.4 Å². The van der Waals surface area contributed by atoms with Crippen LogP contribution in [0.4, 0.5) is 4.39 Å². The molecule has 0 spiro atoms. The van der Waals surface area contributed by atoms with Crippen LogP contribution in [-0.4, -0.2) is 33.5 Å².